The molecule has 0 unspecified atom stereocenters. The van der Waals surface area contributed by atoms with E-state index in [-0.39, 0.29) is 17.3 Å². The number of rotatable bonds is 8. The van der Waals surface area contributed by atoms with Gasteiger partial charge >= 0.3 is 18.1 Å². The highest BCUT2D eigenvalue weighted by Crippen LogP contribution is 2.33. The van der Waals surface area contributed by atoms with Crippen molar-refractivity contribution in [2.75, 3.05) is 22.5 Å². The third kappa shape index (κ3) is 7.03. The molecule has 2 heterocycles. The summed E-state index contributed by atoms with van der Waals surface area (Å²) in [6, 6.07) is 17.5. The topological polar surface area (TPSA) is 96.0 Å². The van der Waals surface area contributed by atoms with E-state index in [1.807, 2.05) is 36.4 Å². The molecule has 0 aliphatic heterocycles. The molecular formula is C24H22F3N6O2+. The van der Waals surface area contributed by atoms with E-state index in [1.54, 1.807) is 18.3 Å². The summed E-state index contributed by atoms with van der Waals surface area (Å²) < 4.78 is 46.7. The van der Waals surface area contributed by atoms with Crippen molar-refractivity contribution < 1.29 is 27.2 Å². The van der Waals surface area contributed by atoms with Crippen LogP contribution in [0.3, 0.4) is 0 Å². The average molecular weight is 483 g/mol. The fourth-order valence-corrected chi connectivity index (χ4v) is 3.30. The van der Waals surface area contributed by atoms with Crippen LogP contribution < -0.4 is 20.6 Å². The van der Waals surface area contributed by atoms with Crippen LogP contribution >= 0.6 is 0 Å². The summed E-state index contributed by atoms with van der Waals surface area (Å²) in [6.45, 7) is 0.741. The van der Waals surface area contributed by atoms with Crippen molar-refractivity contribution in [2.45, 2.75) is 19.1 Å². The Morgan fingerprint density at radius 3 is 2.49 bits per heavy atom. The van der Waals surface area contributed by atoms with E-state index < -0.39 is 17.8 Å². The quantitative estimate of drug-likeness (QED) is 0.315. The first-order valence-electron chi connectivity index (χ1n) is 10.7. The number of benzene rings is 2. The molecule has 0 atom stereocenters. The van der Waals surface area contributed by atoms with E-state index in [0.29, 0.717) is 19.5 Å². The van der Waals surface area contributed by atoms with Crippen molar-refractivity contribution in [3.05, 3.63) is 95.9 Å². The van der Waals surface area contributed by atoms with Crippen LogP contribution in [0.15, 0.2) is 83.6 Å². The highest BCUT2D eigenvalue weighted by atomic mass is 19.4. The first-order valence-corrected chi connectivity index (χ1v) is 10.7. The summed E-state index contributed by atoms with van der Waals surface area (Å²) in [5.74, 6) is 0.0200. The minimum atomic E-state index is -4.58. The van der Waals surface area contributed by atoms with Crippen LogP contribution in [-0.4, -0.2) is 22.8 Å². The van der Waals surface area contributed by atoms with Crippen LogP contribution in [0.1, 0.15) is 16.8 Å². The number of carbonyl (C=O) groups excluding carboxylic acids is 1. The second kappa shape index (κ2) is 10.7. The zero-order valence-corrected chi connectivity index (χ0v) is 18.4. The Bertz CT molecular complexity index is 1260. The second-order valence-corrected chi connectivity index (χ2v) is 7.62. The fourth-order valence-electron chi connectivity index (χ4n) is 3.30. The normalized spacial score (nSPS) is 11.2. The lowest BCUT2D eigenvalue weighted by Gasteiger charge is -2.14. The Morgan fingerprint density at radius 1 is 0.971 bits per heavy atom. The molecule has 180 valence electrons. The molecule has 0 spiro atoms. The third-order valence-electron chi connectivity index (χ3n) is 4.90. The first-order chi connectivity index (χ1) is 16.8. The van der Waals surface area contributed by atoms with Crippen molar-refractivity contribution in [1.29, 1.82) is 0 Å². The Morgan fingerprint density at radius 2 is 1.74 bits per heavy atom. The molecule has 0 bridgehead atoms. The molecule has 0 aliphatic rings. The van der Waals surface area contributed by atoms with Crippen LogP contribution in [0.2, 0.25) is 0 Å². The van der Waals surface area contributed by atoms with Gasteiger partial charge in [0.15, 0.2) is 0 Å². The van der Waals surface area contributed by atoms with E-state index in [1.165, 1.54) is 16.9 Å². The van der Waals surface area contributed by atoms with E-state index in [2.05, 4.69) is 26.2 Å². The van der Waals surface area contributed by atoms with Gasteiger partial charge in [-0.2, -0.15) is 13.2 Å². The minimum Gasteiger partial charge on any atom is -0.385 e. The van der Waals surface area contributed by atoms with Crippen LogP contribution in [0.5, 0.6) is 0 Å². The van der Waals surface area contributed by atoms with E-state index >= 15 is 0 Å². The summed E-state index contributed by atoms with van der Waals surface area (Å²) in [5, 5.41) is 11.6. The predicted molar refractivity (Wildman–Crippen MR) is 123 cm³/mol. The summed E-state index contributed by atoms with van der Waals surface area (Å²) >= 11 is 0. The molecule has 0 saturated heterocycles. The molecule has 35 heavy (non-hydrogen) atoms. The monoisotopic (exact) mass is 483 g/mol. The Labute approximate surface area is 198 Å². The summed E-state index contributed by atoms with van der Waals surface area (Å²) in [4.78, 5) is 16.6. The van der Waals surface area contributed by atoms with Gasteiger partial charge in [0.1, 0.15) is 5.69 Å². The largest absolute Gasteiger partial charge is 0.416 e. The maximum Gasteiger partial charge on any atom is 0.416 e. The molecule has 0 radical (unpaired) electrons. The van der Waals surface area contributed by atoms with Crippen molar-refractivity contribution in [2.24, 2.45) is 0 Å². The number of hydrogen-bond acceptors (Lipinski definition) is 5. The third-order valence-corrected chi connectivity index (χ3v) is 4.90. The fraction of sp³-hybridized carbons (Fsp3) is 0.167. The number of aromatic nitrogens is 3. The second-order valence-electron chi connectivity index (χ2n) is 7.62. The standard InChI is InChI=1S/C24H21F3N6O2/c25-24(26,27)18-12-20(29-11-9-17-6-2-1-3-7-17)14-21(13-18)30-23(34)31-22-16-33(32-35-22)15-19-8-4-5-10-28-19/h1-8,10,12-14,16,29H,9,11,15H2,(H-,30,31,32,34)/p+1. The van der Waals surface area contributed by atoms with Crippen LogP contribution in [0.4, 0.5) is 35.2 Å². The Balaban J connectivity index is 1.39. The summed E-state index contributed by atoms with van der Waals surface area (Å²) in [6.07, 6.45) is -0.865. The maximum absolute atomic E-state index is 13.4. The molecular weight excluding hydrogens is 461 g/mol. The molecule has 0 saturated carbocycles. The number of nitrogens with zero attached hydrogens (tertiary/aromatic N) is 3. The van der Waals surface area contributed by atoms with Crippen LogP contribution in [0.25, 0.3) is 0 Å². The lowest BCUT2D eigenvalue weighted by Crippen LogP contribution is -2.35. The number of nitrogens with one attached hydrogen (secondary N) is 3. The number of alkyl halides is 3. The minimum absolute atomic E-state index is 0.0200. The molecule has 2 aromatic heterocycles. The van der Waals surface area contributed by atoms with E-state index in [0.717, 1.165) is 23.4 Å². The molecule has 3 N–H and O–H groups in total. The number of hydrogen-bond donors (Lipinski definition) is 3. The summed E-state index contributed by atoms with van der Waals surface area (Å²) in [7, 11) is 0. The average Bonchev–Trinajstić information content (AvgIpc) is 3.26. The highest BCUT2D eigenvalue weighted by Gasteiger charge is 2.31. The lowest BCUT2D eigenvalue weighted by atomic mass is 10.1. The number of urea groups is 1. The summed E-state index contributed by atoms with van der Waals surface area (Å²) in [5.41, 5.74) is 1.11. The van der Waals surface area contributed by atoms with Gasteiger partial charge in [0.25, 0.3) is 6.20 Å². The van der Waals surface area contributed by atoms with Crippen molar-refractivity contribution in [3.63, 3.8) is 0 Å². The van der Waals surface area contributed by atoms with Gasteiger partial charge in [-0.15, -0.1) is 0 Å². The van der Waals surface area contributed by atoms with Crippen molar-refractivity contribution in [1.82, 2.24) is 10.3 Å². The van der Waals surface area contributed by atoms with Crippen molar-refractivity contribution >= 4 is 23.3 Å². The highest BCUT2D eigenvalue weighted by molar-refractivity contribution is 5.99. The molecule has 0 aliphatic carbocycles. The smallest absolute Gasteiger partial charge is 0.385 e. The van der Waals surface area contributed by atoms with Gasteiger partial charge < -0.3 is 10.6 Å². The molecule has 2 aromatic carbocycles. The van der Waals surface area contributed by atoms with Gasteiger partial charge in [0, 0.05) is 24.1 Å². The van der Waals surface area contributed by atoms with E-state index in [4.69, 9.17) is 4.52 Å². The lowest BCUT2D eigenvalue weighted by molar-refractivity contribution is -0.755. The van der Waals surface area contributed by atoms with Crippen molar-refractivity contribution in [3.8, 4) is 0 Å². The molecule has 4 rings (SSSR count). The van der Waals surface area contributed by atoms with Crippen LogP contribution in [0, 0.1) is 0 Å². The Hall–Kier alpha value is -4.41. The zero-order chi connectivity index (χ0) is 24.7. The van der Waals surface area contributed by atoms with Crippen LogP contribution in [-0.2, 0) is 19.1 Å². The first kappa shape index (κ1) is 23.7. The number of amides is 2. The number of halogens is 3. The van der Waals surface area contributed by atoms with Gasteiger partial charge in [0.05, 0.1) is 5.56 Å². The number of carbonyl (C=O) groups is 1. The molecule has 11 heteroatoms. The molecule has 0 fully saturated rings. The van der Waals surface area contributed by atoms with Gasteiger partial charge in [-0.1, -0.05) is 36.4 Å². The molecule has 2 amide bonds. The number of pyridine rings is 1. The molecule has 8 nitrogen and oxygen atoms in total. The van der Waals surface area contributed by atoms with E-state index in [9.17, 15) is 18.0 Å². The Kier molecular flexibility index (Phi) is 7.24. The van der Waals surface area contributed by atoms with Gasteiger partial charge in [-0.3, -0.25) is 14.8 Å². The van der Waals surface area contributed by atoms with Gasteiger partial charge in [0.2, 0.25) is 11.8 Å². The number of anilines is 3. The van der Waals surface area contributed by atoms with Gasteiger partial charge in [-0.25, -0.2) is 4.79 Å². The molecule has 4 aromatic rings. The predicted octanol–water partition coefficient (Wildman–Crippen LogP) is 4.72. The SMILES string of the molecule is O=C(Nc1cc(NCCc2ccccc2)cc(C(F)(F)F)c1)Nc1c[n+](Cc2ccccn2)no1. The maximum atomic E-state index is 13.4. The van der Waals surface area contributed by atoms with Gasteiger partial charge in [-0.05, 0) is 47.0 Å². The zero-order valence-electron chi connectivity index (χ0n) is 18.4.